The molecule has 0 aliphatic heterocycles. The predicted octanol–water partition coefficient (Wildman–Crippen LogP) is 7.27. The van der Waals surface area contributed by atoms with Crippen LogP contribution in [0.2, 0.25) is 5.02 Å². The van der Waals surface area contributed by atoms with Crippen LogP contribution in [0.25, 0.3) is 16.8 Å². The monoisotopic (exact) mass is 533 g/mol. The van der Waals surface area contributed by atoms with Crippen LogP contribution in [0.5, 0.6) is 0 Å². The van der Waals surface area contributed by atoms with E-state index in [4.69, 9.17) is 16.3 Å². The highest BCUT2D eigenvalue weighted by Crippen LogP contribution is 2.37. The molecular formula is C30H29ClFN3O3. The molecule has 1 aliphatic carbocycles. The maximum absolute atomic E-state index is 13.4. The highest BCUT2D eigenvalue weighted by molar-refractivity contribution is 6.31. The number of esters is 1. The number of amides is 1. The van der Waals surface area contributed by atoms with Crippen LogP contribution in [0.4, 0.5) is 10.1 Å². The molecule has 4 aromatic rings. The van der Waals surface area contributed by atoms with E-state index in [1.165, 1.54) is 23.8 Å². The van der Waals surface area contributed by atoms with E-state index in [1.807, 2.05) is 29.7 Å². The first-order chi connectivity index (χ1) is 18.4. The largest absolute Gasteiger partial charge is 0.466 e. The number of nitrogens with one attached hydrogen (secondary N) is 1. The highest BCUT2D eigenvalue weighted by Gasteiger charge is 2.24. The van der Waals surface area contributed by atoms with E-state index in [1.54, 1.807) is 6.20 Å². The third kappa shape index (κ3) is 5.89. The first-order valence-electron chi connectivity index (χ1n) is 12.9. The molecule has 1 amide bonds. The molecule has 6 nitrogen and oxygen atoms in total. The number of ether oxygens (including phenoxy) is 1. The normalized spacial score (nSPS) is 17.3. The third-order valence-electron chi connectivity index (χ3n) is 7.18. The second-order valence-electron chi connectivity index (χ2n) is 9.74. The Morgan fingerprint density at radius 2 is 1.76 bits per heavy atom. The number of carbonyl (C=O) groups is 2. The summed E-state index contributed by atoms with van der Waals surface area (Å²) in [5.41, 5.74) is 4.70. The number of hydrogen-bond acceptors (Lipinski definition) is 4. The van der Waals surface area contributed by atoms with Crippen molar-refractivity contribution in [2.24, 2.45) is 5.92 Å². The maximum atomic E-state index is 13.4. The number of rotatable bonds is 7. The second kappa shape index (κ2) is 11.4. The number of anilines is 1. The minimum absolute atomic E-state index is 0.0601. The van der Waals surface area contributed by atoms with Gasteiger partial charge in [-0.25, -0.2) is 9.37 Å². The third-order valence-corrected chi connectivity index (χ3v) is 7.47. The molecule has 1 N–H and O–H groups in total. The van der Waals surface area contributed by atoms with Crippen LogP contribution < -0.4 is 5.32 Å². The number of hydrogen-bond donors (Lipinski definition) is 1. The van der Waals surface area contributed by atoms with Gasteiger partial charge in [-0.3, -0.25) is 9.59 Å². The Hall–Kier alpha value is -3.71. The number of carbonyl (C=O) groups excluding carboxylic acids is 2. The zero-order chi connectivity index (χ0) is 26.6. The van der Waals surface area contributed by atoms with Crippen molar-refractivity contribution in [3.05, 3.63) is 89.1 Å². The van der Waals surface area contributed by atoms with E-state index < -0.39 is 11.7 Å². The highest BCUT2D eigenvalue weighted by atomic mass is 35.5. The van der Waals surface area contributed by atoms with Gasteiger partial charge in [0.1, 0.15) is 17.2 Å². The van der Waals surface area contributed by atoms with Gasteiger partial charge in [-0.2, -0.15) is 0 Å². The van der Waals surface area contributed by atoms with Gasteiger partial charge in [0.15, 0.2) is 0 Å². The zero-order valence-electron chi connectivity index (χ0n) is 21.1. The van der Waals surface area contributed by atoms with Crippen molar-refractivity contribution in [1.82, 2.24) is 9.38 Å². The lowest BCUT2D eigenvalue weighted by molar-refractivity contribution is -0.144. The number of aromatic nitrogens is 2. The fourth-order valence-electron chi connectivity index (χ4n) is 5.14. The van der Waals surface area contributed by atoms with Gasteiger partial charge >= 0.3 is 5.97 Å². The summed E-state index contributed by atoms with van der Waals surface area (Å²) in [6, 6.07) is 16.5. The fourth-order valence-corrected chi connectivity index (χ4v) is 5.32. The van der Waals surface area contributed by atoms with Crippen LogP contribution in [0.1, 0.15) is 61.0 Å². The summed E-state index contributed by atoms with van der Waals surface area (Å²) in [7, 11) is 0. The number of halogens is 2. The fraction of sp³-hybridized carbons (Fsp3) is 0.300. The van der Waals surface area contributed by atoms with Crippen LogP contribution in [0.15, 0.2) is 67.0 Å². The molecule has 0 unspecified atom stereocenters. The summed E-state index contributed by atoms with van der Waals surface area (Å²) in [4.78, 5) is 28.9. The van der Waals surface area contributed by atoms with Crippen molar-refractivity contribution >= 4 is 34.8 Å². The first-order valence-corrected chi connectivity index (χ1v) is 13.3. The number of nitrogens with zero attached hydrogens (tertiary/aromatic N) is 2. The number of imidazole rings is 1. The van der Waals surface area contributed by atoms with Crippen LogP contribution in [0, 0.1) is 11.7 Å². The van der Waals surface area contributed by atoms with Crippen molar-refractivity contribution in [2.75, 3.05) is 11.9 Å². The van der Waals surface area contributed by atoms with Gasteiger partial charge < -0.3 is 14.5 Å². The Balaban J connectivity index is 1.24. The Kier molecular flexibility index (Phi) is 7.74. The van der Waals surface area contributed by atoms with E-state index in [2.05, 4.69) is 34.6 Å². The molecule has 1 saturated carbocycles. The Bertz CT molecular complexity index is 1460. The van der Waals surface area contributed by atoms with E-state index in [0.29, 0.717) is 36.2 Å². The zero-order valence-corrected chi connectivity index (χ0v) is 21.9. The molecule has 0 atom stereocenters. The standard InChI is InChI=1S/C30H29ClFN3O3/c1-2-38-29(36)15-19-3-5-20(6-4-19)21-7-9-22(10-8-21)23-11-14-28-34-27(18-35(28)17-23)30(37)33-24-12-13-26(32)25(31)16-24/h7-14,16-20H,2-6,15H2,1H3,(H,33,37)/t19-,20-. The molecule has 0 spiro atoms. The Labute approximate surface area is 225 Å². The SMILES string of the molecule is CCOC(=O)C[C@H]1CC[C@H](c2ccc(-c3ccc4nc(C(=O)Nc5ccc(F)c(Cl)c5)cn4c3)cc2)CC1. The van der Waals surface area contributed by atoms with Gasteiger partial charge in [-0.15, -0.1) is 0 Å². The van der Waals surface area contributed by atoms with Crippen LogP contribution in [-0.4, -0.2) is 27.9 Å². The van der Waals surface area contributed by atoms with Gasteiger partial charge in [0.2, 0.25) is 0 Å². The maximum Gasteiger partial charge on any atom is 0.306 e. The topological polar surface area (TPSA) is 72.7 Å². The smallest absolute Gasteiger partial charge is 0.306 e. The Morgan fingerprint density at radius 1 is 1.03 bits per heavy atom. The first kappa shape index (κ1) is 25.9. The van der Waals surface area contributed by atoms with Crippen molar-refractivity contribution in [1.29, 1.82) is 0 Å². The molecule has 5 rings (SSSR count). The molecule has 0 saturated heterocycles. The molecule has 38 heavy (non-hydrogen) atoms. The summed E-state index contributed by atoms with van der Waals surface area (Å²) in [5.74, 6) is -0.0982. The molecular weight excluding hydrogens is 505 g/mol. The van der Waals surface area contributed by atoms with E-state index >= 15 is 0 Å². The average molecular weight is 534 g/mol. The lowest BCUT2D eigenvalue weighted by Crippen LogP contribution is -2.17. The molecule has 2 aromatic heterocycles. The molecule has 196 valence electrons. The van der Waals surface area contributed by atoms with Crippen molar-refractivity contribution in [3.8, 4) is 11.1 Å². The van der Waals surface area contributed by atoms with Crippen LogP contribution >= 0.6 is 11.6 Å². The molecule has 2 aromatic carbocycles. The van der Waals surface area contributed by atoms with Crippen molar-refractivity contribution in [2.45, 2.75) is 44.9 Å². The van der Waals surface area contributed by atoms with Gasteiger partial charge in [0, 0.05) is 24.5 Å². The summed E-state index contributed by atoms with van der Waals surface area (Å²) in [6.07, 6.45) is 8.41. The molecule has 0 radical (unpaired) electrons. The van der Waals surface area contributed by atoms with E-state index in [-0.39, 0.29) is 16.7 Å². The van der Waals surface area contributed by atoms with E-state index in [0.717, 1.165) is 36.8 Å². The second-order valence-corrected chi connectivity index (χ2v) is 10.1. The molecule has 8 heteroatoms. The summed E-state index contributed by atoms with van der Waals surface area (Å²) in [5, 5.41) is 2.64. The van der Waals surface area contributed by atoms with Gasteiger partial charge in [-0.05, 0) is 91.5 Å². The van der Waals surface area contributed by atoms with Gasteiger partial charge in [0.05, 0.1) is 11.6 Å². The summed E-state index contributed by atoms with van der Waals surface area (Å²) in [6.45, 7) is 2.29. The van der Waals surface area contributed by atoms with Crippen LogP contribution in [0.3, 0.4) is 0 Å². The predicted molar refractivity (Wildman–Crippen MR) is 146 cm³/mol. The van der Waals surface area contributed by atoms with Crippen molar-refractivity contribution in [3.63, 3.8) is 0 Å². The summed E-state index contributed by atoms with van der Waals surface area (Å²) >= 11 is 5.81. The quantitative estimate of drug-likeness (QED) is 0.253. The van der Waals surface area contributed by atoms with Gasteiger partial charge in [0.25, 0.3) is 5.91 Å². The van der Waals surface area contributed by atoms with E-state index in [9.17, 15) is 14.0 Å². The average Bonchev–Trinajstić information content (AvgIpc) is 3.35. The number of benzene rings is 2. The number of pyridine rings is 1. The van der Waals surface area contributed by atoms with Crippen LogP contribution in [-0.2, 0) is 9.53 Å². The molecule has 0 bridgehead atoms. The summed E-state index contributed by atoms with van der Waals surface area (Å²) < 4.78 is 20.3. The van der Waals surface area contributed by atoms with Gasteiger partial charge in [-0.1, -0.05) is 35.9 Å². The Morgan fingerprint density at radius 3 is 2.47 bits per heavy atom. The minimum atomic E-state index is -0.545. The minimum Gasteiger partial charge on any atom is -0.466 e. The molecule has 1 aliphatic rings. The van der Waals surface area contributed by atoms with Crippen molar-refractivity contribution < 1.29 is 18.7 Å². The number of fused-ring (bicyclic) bond motifs is 1. The molecule has 2 heterocycles. The lowest BCUT2D eigenvalue weighted by atomic mass is 9.77. The lowest BCUT2D eigenvalue weighted by Gasteiger charge is -2.28. The molecule has 1 fully saturated rings.